The topological polar surface area (TPSA) is 71.7 Å². The molecule has 7 heteroatoms. The standard InChI is InChI=1S/C20H36N4O2.HI/c1-7-21-19(23-13-16-11-17(14(2)3)24-26-16)22-12-15-9-8-10-25-18(15)20(4,5)6;/h11,14-15,18H,7-10,12-13H2,1-6H3,(H2,21,22,23);1H. The van der Waals surface area contributed by atoms with E-state index in [2.05, 4.69) is 62.3 Å². The molecule has 1 fully saturated rings. The predicted molar refractivity (Wildman–Crippen MR) is 121 cm³/mol. The van der Waals surface area contributed by atoms with Crippen LogP contribution in [0.2, 0.25) is 0 Å². The van der Waals surface area contributed by atoms with Crippen LogP contribution in [0.25, 0.3) is 0 Å². The summed E-state index contributed by atoms with van der Waals surface area (Å²) in [5, 5.41) is 10.9. The third-order valence-corrected chi connectivity index (χ3v) is 4.74. The van der Waals surface area contributed by atoms with Crippen LogP contribution in [0, 0.1) is 11.3 Å². The first kappa shape index (κ1) is 24.2. The Kier molecular flexibility index (Phi) is 10.1. The van der Waals surface area contributed by atoms with E-state index in [1.807, 2.05) is 6.07 Å². The van der Waals surface area contributed by atoms with Crippen LogP contribution in [0.4, 0.5) is 0 Å². The van der Waals surface area contributed by atoms with E-state index in [1.165, 1.54) is 6.42 Å². The Morgan fingerprint density at radius 2 is 2.07 bits per heavy atom. The van der Waals surface area contributed by atoms with E-state index in [9.17, 15) is 0 Å². The van der Waals surface area contributed by atoms with Crippen molar-refractivity contribution in [2.24, 2.45) is 16.3 Å². The van der Waals surface area contributed by atoms with Crippen molar-refractivity contribution in [3.05, 3.63) is 17.5 Å². The van der Waals surface area contributed by atoms with Crippen molar-refractivity contribution in [2.45, 2.75) is 73.0 Å². The molecule has 1 saturated heterocycles. The molecule has 2 N–H and O–H groups in total. The van der Waals surface area contributed by atoms with Gasteiger partial charge in [0.25, 0.3) is 0 Å². The Labute approximate surface area is 181 Å². The number of nitrogens with zero attached hydrogens (tertiary/aromatic N) is 2. The van der Waals surface area contributed by atoms with Gasteiger partial charge in [-0.15, -0.1) is 24.0 Å². The van der Waals surface area contributed by atoms with Crippen molar-refractivity contribution in [2.75, 3.05) is 19.7 Å². The number of rotatable bonds is 6. The summed E-state index contributed by atoms with van der Waals surface area (Å²) in [5.74, 6) is 2.46. The highest BCUT2D eigenvalue weighted by molar-refractivity contribution is 14.0. The first-order chi connectivity index (χ1) is 12.3. The quantitative estimate of drug-likeness (QED) is 0.352. The smallest absolute Gasteiger partial charge is 0.191 e. The fourth-order valence-electron chi connectivity index (χ4n) is 3.41. The van der Waals surface area contributed by atoms with Gasteiger partial charge >= 0.3 is 0 Å². The maximum atomic E-state index is 6.08. The molecule has 27 heavy (non-hydrogen) atoms. The molecule has 0 amide bonds. The maximum Gasteiger partial charge on any atom is 0.191 e. The van der Waals surface area contributed by atoms with E-state index >= 15 is 0 Å². The van der Waals surface area contributed by atoms with E-state index in [0.717, 1.165) is 43.5 Å². The monoisotopic (exact) mass is 492 g/mol. The highest BCUT2D eigenvalue weighted by atomic mass is 127. The minimum Gasteiger partial charge on any atom is -0.377 e. The molecule has 1 aliphatic rings. The molecule has 0 aromatic carbocycles. The molecule has 6 nitrogen and oxygen atoms in total. The van der Waals surface area contributed by atoms with Crippen molar-refractivity contribution in [1.29, 1.82) is 0 Å². The molecule has 0 bridgehead atoms. The van der Waals surface area contributed by atoms with E-state index in [4.69, 9.17) is 9.26 Å². The van der Waals surface area contributed by atoms with E-state index in [1.54, 1.807) is 0 Å². The molecule has 1 aromatic heterocycles. The molecule has 2 atom stereocenters. The van der Waals surface area contributed by atoms with Crippen LogP contribution in [-0.4, -0.2) is 36.9 Å². The number of hydrogen-bond donors (Lipinski definition) is 2. The molecule has 1 aromatic rings. The summed E-state index contributed by atoms with van der Waals surface area (Å²) in [6.07, 6.45) is 2.59. The molecule has 0 aliphatic carbocycles. The van der Waals surface area contributed by atoms with Crippen LogP contribution in [0.5, 0.6) is 0 Å². The fraction of sp³-hybridized carbons (Fsp3) is 0.800. The zero-order valence-electron chi connectivity index (χ0n) is 17.7. The SMILES string of the molecule is CCNC(=NCc1cc(C(C)C)no1)NCC1CCCOC1C(C)(C)C.I. The van der Waals surface area contributed by atoms with Crippen molar-refractivity contribution in [3.8, 4) is 0 Å². The molecule has 2 heterocycles. The minimum atomic E-state index is 0. The molecule has 2 unspecified atom stereocenters. The fourth-order valence-corrected chi connectivity index (χ4v) is 3.41. The normalized spacial score (nSPS) is 21.1. The Bertz CT molecular complexity index is 581. The molecule has 0 radical (unpaired) electrons. The van der Waals surface area contributed by atoms with E-state index in [0.29, 0.717) is 18.4 Å². The lowest BCUT2D eigenvalue weighted by atomic mass is 9.78. The lowest BCUT2D eigenvalue weighted by Gasteiger charge is -2.40. The second kappa shape index (κ2) is 11.2. The zero-order chi connectivity index (χ0) is 19.2. The van der Waals surface area contributed by atoms with Crippen LogP contribution in [-0.2, 0) is 11.3 Å². The molecule has 1 aliphatic heterocycles. The summed E-state index contributed by atoms with van der Waals surface area (Å²) in [7, 11) is 0. The van der Waals surface area contributed by atoms with Crippen molar-refractivity contribution >= 4 is 29.9 Å². The van der Waals surface area contributed by atoms with Crippen LogP contribution in [0.1, 0.15) is 71.8 Å². The number of guanidine groups is 1. The van der Waals surface area contributed by atoms with Gasteiger partial charge in [-0.2, -0.15) is 0 Å². The van der Waals surface area contributed by atoms with Gasteiger partial charge in [0.15, 0.2) is 11.7 Å². The number of ether oxygens (including phenoxy) is 1. The summed E-state index contributed by atoms with van der Waals surface area (Å²) in [6, 6.07) is 1.99. The Morgan fingerprint density at radius 1 is 1.33 bits per heavy atom. The Hall–Kier alpha value is -0.830. The maximum absolute atomic E-state index is 6.08. The lowest BCUT2D eigenvalue weighted by Crippen LogP contribution is -2.47. The highest BCUT2D eigenvalue weighted by Crippen LogP contribution is 2.33. The van der Waals surface area contributed by atoms with Gasteiger partial charge in [0.1, 0.15) is 6.54 Å². The van der Waals surface area contributed by atoms with Crippen LogP contribution in [0.15, 0.2) is 15.6 Å². The van der Waals surface area contributed by atoms with Crippen molar-refractivity contribution in [1.82, 2.24) is 15.8 Å². The van der Waals surface area contributed by atoms with E-state index < -0.39 is 0 Å². The van der Waals surface area contributed by atoms with Gasteiger partial charge < -0.3 is 19.9 Å². The number of hydrogen-bond acceptors (Lipinski definition) is 4. The van der Waals surface area contributed by atoms with E-state index in [-0.39, 0.29) is 35.5 Å². The molecular formula is C20H37IN4O2. The summed E-state index contributed by atoms with van der Waals surface area (Å²) in [4.78, 5) is 4.65. The number of nitrogens with one attached hydrogen (secondary N) is 2. The van der Waals surface area contributed by atoms with Gasteiger partial charge in [-0.25, -0.2) is 4.99 Å². The minimum absolute atomic E-state index is 0. The van der Waals surface area contributed by atoms with Crippen LogP contribution >= 0.6 is 24.0 Å². The second-order valence-corrected chi connectivity index (χ2v) is 8.51. The molecule has 0 saturated carbocycles. The summed E-state index contributed by atoms with van der Waals surface area (Å²) < 4.78 is 11.5. The first-order valence-corrected chi connectivity index (χ1v) is 9.90. The number of halogens is 1. The molecule has 0 spiro atoms. The first-order valence-electron chi connectivity index (χ1n) is 9.90. The Morgan fingerprint density at radius 3 is 2.67 bits per heavy atom. The van der Waals surface area contributed by atoms with Crippen LogP contribution < -0.4 is 10.6 Å². The van der Waals surface area contributed by atoms with Crippen molar-refractivity contribution in [3.63, 3.8) is 0 Å². The predicted octanol–water partition coefficient (Wildman–Crippen LogP) is 4.31. The van der Waals surface area contributed by atoms with Gasteiger partial charge in [-0.05, 0) is 31.1 Å². The summed E-state index contributed by atoms with van der Waals surface area (Å²) in [5.41, 5.74) is 1.12. The van der Waals surface area contributed by atoms with Crippen LogP contribution in [0.3, 0.4) is 0 Å². The third-order valence-electron chi connectivity index (χ3n) is 4.74. The number of aromatic nitrogens is 1. The third kappa shape index (κ3) is 7.60. The average molecular weight is 492 g/mol. The number of aliphatic imine (C=N–C) groups is 1. The van der Waals surface area contributed by atoms with Gasteiger partial charge in [0.2, 0.25) is 0 Å². The van der Waals surface area contributed by atoms with Crippen molar-refractivity contribution < 1.29 is 9.26 Å². The van der Waals surface area contributed by atoms with Gasteiger partial charge in [-0.3, -0.25) is 0 Å². The second-order valence-electron chi connectivity index (χ2n) is 8.51. The average Bonchev–Trinajstić information content (AvgIpc) is 3.06. The highest BCUT2D eigenvalue weighted by Gasteiger charge is 2.35. The van der Waals surface area contributed by atoms with Gasteiger partial charge in [0, 0.05) is 31.7 Å². The largest absolute Gasteiger partial charge is 0.377 e. The van der Waals surface area contributed by atoms with Gasteiger partial charge in [-0.1, -0.05) is 39.8 Å². The lowest BCUT2D eigenvalue weighted by molar-refractivity contribution is -0.0835. The van der Waals surface area contributed by atoms with Gasteiger partial charge in [0.05, 0.1) is 11.8 Å². The molecule has 156 valence electrons. The summed E-state index contributed by atoms with van der Waals surface area (Å²) >= 11 is 0. The Balaban J connectivity index is 0.00000364. The summed E-state index contributed by atoms with van der Waals surface area (Å²) in [6.45, 7) is 16.1. The molecular weight excluding hydrogens is 455 g/mol. The zero-order valence-corrected chi connectivity index (χ0v) is 20.0. The molecule has 2 rings (SSSR count).